The number of nitrogens with zero attached hydrogens (tertiary/aromatic N) is 7. The van der Waals surface area contributed by atoms with Gasteiger partial charge in [0.05, 0.1) is 36.6 Å². The van der Waals surface area contributed by atoms with Crippen LogP contribution in [0.15, 0.2) is 48.2 Å². The summed E-state index contributed by atoms with van der Waals surface area (Å²) in [7, 11) is 1.83. The smallest absolute Gasteiger partial charge is 0.216 e. The van der Waals surface area contributed by atoms with Crippen LogP contribution in [0, 0.1) is 5.53 Å². The zero-order valence-electron chi connectivity index (χ0n) is 14.5. The van der Waals surface area contributed by atoms with Gasteiger partial charge in [0.25, 0.3) is 0 Å². The Balaban J connectivity index is 1.61. The predicted octanol–water partition coefficient (Wildman–Crippen LogP) is 2.29. The number of imidazole rings is 1. The molecule has 3 N–H and O–H groups in total. The summed E-state index contributed by atoms with van der Waals surface area (Å²) in [5.41, 5.74) is 11.2. The summed E-state index contributed by atoms with van der Waals surface area (Å²) in [4.78, 5) is 13.0. The molecule has 0 aromatic carbocycles. The van der Waals surface area contributed by atoms with E-state index in [4.69, 9.17) is 5.53 Å². The molecule has 4 rings (SSSR count). The first-order valence-electron chi connectivity index (χ1n) is 8.21. The Morgan fingerprint density at radius 2 is 2.07 bits per heavy atom. The van der Waals surface area contributed by atoms with E-state index in [0.29, 0.717) is 23.8 Å². The number of aliphatic hydroxyl groups is 1. The number of fused-ring (bicyclic) bond motifs is 1. The number of aryl methyl sites for hydroxylation is 1. The first kappa shape index (κ1) is 16.8. The molecule has 0 atom stereocenters. The maximum atomic E-state index is 9.40. The lowest BCUT2D eigenvalue weighted by molar-refractivity contribution is 0.276. The van der Waals surface area contributed by atoms with Gasteiger partial charge in [0.2, 0.25) is 5.82 Å². The van der Waals surface area contributed by atoms with Crippen molar-refractivity contribution in [3.05, 3.63) is 54.4 Å². The minimum absolute atomic E-state index is 0.0848. The van der Waals surface area contributed by atoms with Crippen LogP contribution in [-0.4, -0.2) is 34.2 Å². The second-order valence-electron chi connectivity index (χ2n) is 5.97. The summed E-state index contributed by atoms with van der Waals surface area (Å²) in [6.07, 6.45) is 8.66. The van der Waals surface area contributed by atoms with Crippen LogP contribution >= 0.6 is 0 Å². The fourth-order valence-corrected chi connectivity index (χ4v) is 2.76. The molecule has 0 saturated heterocycles. The summed E-state index contributed by atoms with van der Waals surface area (Å²) in [5.74, 6) is 0.627. The SMILES string of the molecule is Cn1cc(-c2cnc(N=N)c(NCc3ccc4ncc(CO)n4c3)n2)cn1. The summed E-state index contributed by atoms with van der Waals surface area (Å²) in [6, 6.07) is 3.82. The topological polar surface area (TPSA) is 129 Å². The highest BCUT2D eigenvalue weighted by molar-refractivity contribution is 5.63. The predicted molar refractivity (Wildman–Crippen MR) is 97.5 cm³/mol. The molecule has 0 bridgehead atoms. The zero-order valence-corrected chi connectivity index (χ0v) is 14.5. The van der Waals surface area contributed by atoms with E-state index < -0.39 is 0 Å². The number of anilines is 1. The van der Waals surface area contributed by atoms with Gasteiger partial charge in [-0.15, -0.1) is 5.11 Å². The highest BCUT2D eigenvalue weighted by Crippen LogP contribution is 2.25. The zero-order chi connectivity index (χ0) is 18.8. The van der Waals surface area contributed by atoms with Gasteiger partial charge < -0.3 is 14.8 Å². The molecule has 136 valence electrons. The average molecular weight is 363 g/mol. The number of aliphatic hydroxyl groups excluding tert-OH is 1. The van der Waals surface area contributed by atoms with Crippen molar-refractivity contribution < 1.29 is 5.11 Å². The van der Waals surface area contributed by atoms with Gasteiger partial charge in [-0.05, 0) is 11.6 Å². The second kappa shape index (κ2) is 6.92. The van der Waals surface area contributed by atoms with Crippen molar-refractivity contribution in [1.82, 2.24) is 29.1 Å². The highest BCUT2D eigenvalue weighted by Gasteiger charge is 2.10. The molecule has 0 aliphatic heterocycles. The van der Waals surface area contributed by atoms with Gasteiger partial charge in [-0.2, -0.15) is 5.10 Å². The molecule has 27 heavy (non-hydrogen) atoms. The Labute approximate surface area is 154 Å². The van der Waals surface area contributed by atoms with E-state index in [9.17, 15) is 5.11 Å². The number of hydrogen-bond donors (Lipinski definition) is 3. The molecule has 0 fully saturated rings. The standard InChI is InChI=1S/C17H17N9O/c1-25-9-12(5-22-25)14-7-21-17(24-18)16(23-14)20-4-11-2-3-15-19-6-13(10-27)26(15)8-11/h2-3,5-9,18,27H,4,10H2,1H3,(H,20,23). The first-order chi connectivity index (χ1) is 13.2. The van der Waals surface area contributed by atoms with Crippen LogP contribution in [0.4, 0.5) is 11.6 Å². The Kier molecular flexibility index (Phi) is 4.30. The van der Waals surface area contributed by atoms with E-state index in [1.165, 1.54) is 0 Å². The molecule has 0 aliphatic rings. The molecular weight excluding hydrogens is 346 g/mol. The molecule has 0 saturated carbocycles. The average Bonchev–Trinajstić information content (AvgIpc) is 3.31. The largest absolute Gasteiger partial charge is 0.390 e. The lowest BCUT2D eigenvalue weighted by Crippen LogP contribution is -2.05. The van der Waals surface area contributed by atoms with Crippen LogP contribution in [0.1, 0.15) is 11.3 Å². The number of aromatic nitrogens is 6. The molecule has 10 nitrogen and oxygen atoms in total. The third-order valence-corrected chi connectivity index (χ3v) is 4.13. The molecular formula is C17H17N9O. The Bertz CT molecular complexity index is 1110. The van der Waals surface area contributed by atoms with Gasteiger partial charge in [-0.3, -0.25) is 4.68 Å². The molecule has 4 heterocycles. The quantitative estimate of drug-likeness (QED) is 0.451. The van der Waals surface area contributed by atoms with E-state index in [2.05, 4.69) is 30.5 Å². The Hall–Kier alpha value is -3.66. The number of nitrogens with one attached hydrogen (secondary N) is 2. The van der Waals surface area contributed by atoms with Crippen LogP contribution in [0.5, 0.6) is 0 Å². The van der Waals surface area contributed by atoms with E-state index in [0.717, 1.165) is 16.8 Å². The van der Waals surface area contributed by atoms with Crippen molar-refractivity contribution in [3.63, 3.8) is 0 Å². The summed E-state index contributed by atoms with van der Waals surface area (Å²) in [6.45, 7) is 0.366. The fraction of sp³-hybridized carbons (Fsp3) is 0.176. The lowest BCUT2D eigenvalue weighted by Gasteiger charge is -2.09. The second-order valence-corrected chi connectivity index (χ2v) is 5.97. The van der Waals surface area contributed by atoms with Crippen molar-refractivity contribution in [2.24, 2.45) is 12.2 Å². The normalized spacial score (nSPS) is 11.0. The van der Waals surface area contributed by atoms with Gasteiger partial charge in [0.15, 0.2) is 5.82 Å². The van der Waals surface area contributed by atoms with Crippen LogP contribution < -0.4 is 5.32 Å². The Morgan fingerprint density at radius 1 is 1.19 bits per heavy atom. The van der Waals surface area contributed by atoms with Crippen molar-refractivity contribution in [3.8, 4) is 11.3 Å². The number of pyridine rings is 1. The summed E-state index contributed by atoms with van der Waals surface area (Å²) < 4.78 is 3.52. The van der Waals surface area contributed by atoms with E-state index in [-0.39, 0.29) is 12.4 Å². The van der Waals surface area contributed by atoms with Crippen molar-refractivity contribution >= 4 is 17.3 Å². The number of hydrogen-bond acceptors (Lipinski definition) is 8. The summed E-state index contributed by atoms with van der Waals surface area (Å²) in [5, 5.41) is 20.2. The Morgan fingerprint density at radius 3 is 2.81 bits per heavy atom. The minimum Gasteiger partial charge on any atom is -0.390 e. The molecule has 10 heteroatoms. The van der Waals surface area contributed by atoms with Crippen LogP contribution in [0.3, 0.4) is 0 Å². The first-order valence-corrected chi connectivity index (χ1v) is 8.21. The third kappa shape index (κ3) is 3.25. The van der Waals surface area contributed by atoms with Gasteiger partial charge in [-0.25, -0.2) is 20.5 Å². The molecule has 0 unspecified atom stereocenters. The van der Waals surface area contributed by atoms with Crippen LogP contribution in [-0.2, 0) is 20.2 Å². The maximum absolute atomic E-state index is 9.40. The fourth-order valence-electron chi connectivity index (χ4n) is 2.76. The van der Waals surface area contributed by atoms with E-state index in [1.54, 1.807) is 23.3 Å². The molecule has 0 spiro atoms. The molecule has 0 amide bonds. The summed E-state index contributed by atoms with van der Waals surface area (Å²) >= 11 is 0. The minimum atomic E-state index is -0.0848. The third-order valence-electron chi connectivity index (χ3n) is 4.13. The van der Waals surface area contributed by atoms with Crippen LogP contribution in [0.25, 0.3) is 16.9 Å². The van der Waals surface area contributed by atoms with Crippen molar-refractivity contribution in [2.75, 3.05) is 5.32 Å². The van der Waals surface area contributed by atoms with Gasteiger partial charge in [-0.1, -0.05) is 6.07 Å². The molecule has 0 aliphatic carbocycles. The van der Waals surface area contributed by atoms with Crippen LogP contribution in [0.2, 0.25) is 0 Å². The molecule has 4 aromatic rings. The van der Waals surface area contributed by atoms with Crippen molar-refractivity contribution in [1.29, 1.82) is 5.53 Å². The van der Waals surface area contributed by atoms with Crippen molar-refractivity contribution in [2.45, 2.75) is 13.2 Å². The molecule has 0 radical (unpaired) electrons. The lowest BCUT2D eigenvalue weighted by atomic mass is 10.2. The molecule has 4 aromatic heterocycles. The number of rotatable bonds is 6. The van der Waals surface area contributed by atoms with E-state index in [1.807, 2.05) is 36.0 Å². The van der Waals surface area contributed by atoms with E-state index >= 15 is 0 Å². The van der Waals surface area contributed by atoms with Gasteiger partial charge >= 0.3 is 0 Å². The maximum Gasteiger partial charge on any atom is 0.216 e. The highest BCUT2D eigenvalue weighted by atomic mass is 16.3. The van der Waals surface area contributed by atoms with Gasteiger partial charge in [0.1, 0.15) is 5.65 Å². The monoisotopic (exact) mass is 363 g/mol. The van der Waals surface area contributed by atoms with Gasteiger partial charge in [0, 0.05) is 31.5 Å².